The van der Waals surface area contributed by atoms with E-state index in [1.165, 1.54) is 18.2 Å². The summed E-state index contributed by atoms with van der Waals surface area (Å²) < 4.78 is 32.6. The number of hydrogen-bond donors (Lipinski definition) is 1. The van der Waals surface area contributed by atoms with Gasteiger partial charge in [0.2, 0.25) is 5.91 Å². The summed E-state index contributed by atoms with van der Waals surface area (Å²) in [5, 5.41) is 2.36. The summed E-state index contributed by atoms with van der Waals surface area (Å²) in [5.41, 5.74) is 1.34. The van der Waals surface area contributed by atoms with E-state index in [4.69, 9.17) is 4.42 Å². The van der Waals surface area contributed by atoms with Crippen molar-refractivity contribution in [1.29, 1.82) is 0 Å². The summed E-state index contributed by atoms with van der Waals surface area (Å²) in [6.45, 7) is 3.31. The molecule has 0 saturated heterocycles. The van der Waals surface area contributed by atoms with E-state index in [0.29, 0.717) is 17.0 Å². The molecule has 0 saturated carbocycles. The molecule has 0 aliphatic carbocycles. The maximum Gasteiger partial charge on any atom is 0.247 e. The Bertz CT molecular complexity index is 903. The van der Waals surface area contributed by atoms with Gasteiger partial charge in [0.15, 0.2) is 17.3 Å². The molecule has 2 aromatic carbocycles. The molecule has 23 heavy (non-hydrogen) atoms. The monoisotopic (exact) mass is 314 g/mol. The highest BCUT2D eigenvalue weighted by Gasteiger charge is 2.12. The van der Waals surface area contributed by atoms with E-state index in [1.807, 2.05) is 0 Å². The second-order valence-electron chi connectivity index (χ2n) is 4.91. The lowest BCUT2D eigenvalue weighted by Gasteiger charge is -2.02. The summed E-state index contributed by atoms with van der Waals surface area (Å²) in [6.07, 6.45) is 1.32. The van der Waals surface area contributed by atoms with Crippen LogP contribution in [0.2, 0.25) is 0 Å². The van der Waals surface area contributed by atoms with Crippen molar-refractivity contribution in [3.63, 3.8) is 0 Å². The van der Waals surface area contributed by atoms with Crippen molar-refractivity contribution in [1.82, 2.24) is 4.98 Å². The molecular weight excluding hydrogens is 302 g/mol. The number of halogens is 2. The lowest BCUT2D eigenvalue weighted by molar-refractivity contribution is -0.111. The van der Waals surface area contributed by atoms with Crippen LogP contribution in [0.4, 0.5) is 14.5 Å². The van der Waals surface area contributed by atoms with Gasteiger partial charge < -0.3 is 9.73 Å². The molecule has 1 heterocycles. The Labute approximate surface area is 130 Å². The van der Waals surface area contributed by atoms with Crippen LogP contribution < -0.4 is 5.32 Å². The minimum atomic E-state index is -0.638. The number of nitrogens with zero attached hydrogens (tertiary/aromatic N) is 1. The maximum absolute atomic E-state index is 13.9. The largest absolute Gasteiger partial charge is 0.440 e. The first-order chi connectivity index (χ1) is 11.0. The van der Waals surface area contributed by atoms with Gasteiger partial charge in [0.25, 0.3) is 0 Å². The van der Waals surface area contributed by atoms with Gasteiger partial charge in [-0.2, -0.15) is 0 Å². The Morgan fingerprint density at radius 3 is 2.87 bits per heavy atom. The van der Waals surface area contributed by atoms with Gasteiger partial charge in [0.05, 0.1) is 5.69 Å². The summed E-state index contributed by atoms with van der Waals surface area (Å²) in [5.74, 6) is -1.18. The van der Waals surface area contributed by atoms with Crippen molar-refractivity contribution < 1.29 is 18.0 Å². The second-order valence-corrected chi connectivity index (χ2v) is 4.91. The van der Waals surface area contributed by atoms with Crippen molar-refractivity contribution in [2.24, 2.45) is 0 Å². The smallest absolute Gasteiger partial charge is 0.247 e. The highest BCUT2D eigenvalue weighted by molar-refractivity contribution is 6.00. The van der Waals surface area contributed by atoms with Gasteiger partial charge in [-0.05, 0) is 29.8 Å². The number of hydrogen-bond acceptors (Lipinski definition) is 3. The summed E-state index contributed by atoms with van der Waals surface area (Å²) in [7, 11) is 0. The molecule has 1 N–H and O–H groups in total. The normalized spacial score (nSPS) is 10.7. The van der Waals surface area contributed by atoms with Gasteiger partial charge in [-0.3, -0.25) is 4.79 Å². The van der Waals surface area contributed by atoms with Crippen LogP contribution in [0, 0.1) is 11.6 Å². The predicted octanol–water partition coefficient (Wildman–Crippen LogP) is 3.82. The van der Waals surface area contributed by atoms with Crippen LogP contribution in [0.15, 0.2) is 53.5 Å². The number of carbonyl (C=O) groups is 1. The fourth-order valence-electron chi connectivity index (χ4n) is 2.17. The molecule has 3 rings (SSSR count). The lowest BCUT2D eigenvalue weighted by Crippen LogP contribution is -2.08. The lowest BCUT2D eigenvalue weighted by atomic mass is 10.1. The van der Waals surface area contributed by atoms with E-state index in [2.05, 4.69) is 16.9 Å². The van der Waals surface area contributed by atoms with Crippen molar-refractivity contribution in [2.45, 2.75) is 6.42 Å². The zero-order chi connectivity index (χ0) is 16.4. The molecule has 4 nitrogen and oxygen atoms in total. The first-order valence-electron chi connectivity index (χ1n) is 6.82. The van der Waals surface area contributed by atoms with Gasteiger partial charge in [-0.25, -0.2) is 13.8 Å². The van der Waals surface area contributed by atoms with Crippen LogP contribution >= 0.6 is 0 Å². The van der Waals surface area contributed by atoms with Crippen molar-refractivity contribution >= 4 is 22.7 Å². The molecular formula is C17H12F2N2O2. The fourth-order valence-corrected chi connectivity index (χ4v) is 2.17. The molecule has 6 heteroatoms. The van der Waals surface area contributed by atoms with E-state index < -0.39 is 11.7 Å². The Morgan fingerprint density at radius 2 is 2.13 bits per heavy atom. The SMILES string of the molecule is C=CC(=O)Nc1cc2nc(Cc3cccc(F)c3)oc2cc1F. The summed E-state index contributed by atoms with van der Waals surface area (Å²) >= 11 is 0. The van der Waals surface area contributed by atoms with Crippen molar-refractivity contribution in [3.8, 4) is 0 Å². The van der Waals surface area contributed by atoms with Gasteiger partial charge in [-0.15, -0.1) is 0 Å². The first kappa shape index (κ1) is 14.9. The minimum Gasteiger partial charge on any atom is -0.440 e. The molecule has 0 fully saturated rings. The van der Waals surface area contributed by atoms with Gasteiger partial charge in [0.1, 0.15) is 11.3 Å². The van der Waals surface area contributed by atoms with Gasteiger partial charge in [-0.1, -0.05) is 18.7 Å². The third-order valence-corrected chi connectivity index (χ3v) is 3.21. The second kappa shape index (κ2) is 6.00. The quantitative estimate of drug-likeness (QED) is 0.745. The average Bonchev–Trinajstić information content (AvgIpc) is 2.88. The number of anilines is 1. The molecule has 0 spiro atoms. The molecule has 0 atom stereocenters. The number of rotatable bonds is 4. The minimum absolute atomic E-state index is 0.00648. The zero-order valence-electron chi connectivity index (χ0n) is 12.0. The van der Waals surface area contributed by atoms with Crippen LogP contribution in [0.3, 0.4) is 0 Å². The molecule has 0 aliphatic rings. The third kappa shape index (κ3) is 3.26. The van der Waals surface area contributed by atoms with E-state index in [9.17, 15) is 13.6 Å². The molecule has 1 aromatic heterocycles. The number of aromatic nitrogens is 1. The van der Waals surface area contributed by atoms with Crippen LogP contribution in [0.5, 0.6) is 0 Å². The maximum atomic E-state index is 13.9. The fraction of sp³-hybridized carbons (Fsp3) is 0.0588. The first-order valence-corrected chi connectivity index (χ1v) is 6.82. The Kier molecular flexibility index (Phi) is 3.89. The Balaban J connectivity index is 1.92. The zero-order valence-corrected chi connectivity index (χ0v) is 12.0. The predicted molar refractivity (Wildman–Crippen MR) is 82.0 cm³/mol. The number of benzene rings is 2. The number of nitrogens with one attached hydrogen (secondary N) is 1. The number of amides is 1. The highest BCUT2D eigenvalue weighted by Crippen LogP contribution is 2.24. The highest BCUT2D eigenvalue weighted by atomic mass is 19.1. The van der Waals surface area contributed by atoms with Crippen LogP contribution in [-0.2, 0) is 11.2 Å². The standard InChI is InChI=1S/C17H12F2N2O2/c1-2-16(22)20-13-9-14-15(8-12(13)19)23-17(21-14)7-10-4-3-5-11(18)6-10/h2-6,8-9H,1,7H2,(H,20,22). The third-order valence-electron chi connectivity index (χ3n) is 3.21. The molecule has 0 bridgehead atoms. The Morgan fingerprint density at radius 1 is 1.30 bits per heavy atom. The summed E-state index contributed by atoms with van der Waals surface area (Å²) in [4.78, 5) is 15.5. The van der Waals surface area contributed by atoms with E-state index in [-0.39, 0.29) is 23.5 Å². The van der Waals surface area contributed by atoms with Crippen molar-refractivity contribution in [2.75, 3.05) is 5.32 Å². The van der Waals surface area contributed by atoms with E-state index in [1.54, 1.807) is 12.1 Å². The molecule has 0 unspecified atom stereocenters. The van der Waals surface area contributed by atoms with Crippen LogP contribution in [0.1, 0.15) is 11.5 Å². The topological polar surface area (TPSA) is 55.1 Å². The number of fused-ring (bicyclic) bond motifs is 1. The van der Waals surface area contributed by atoms with E-state index in [0.717, 1.165) is 12.1 Å². The van der Waals surface area contributed by atoms with Gasteiger partial charge >= 0.3 is 0 Å². The van der Waals surface area contributed by atoms with Crippen LogP contribution in [0.25, 0.3) is 11.1 Å². The molecule has 3 aromatic rings. The average molecular weight is 314 g/mol. The van der Waals surface area contributed by atoms with Crippen LogP contribution in [-0.4, -0.2) is 10.9 Å². The number of oxazole rings is 1. The van der Waals surface area contributed by atoms with E-state index >= 15 is 0 Å². The Hall–Kier alpha value is -3.02. The molecule has 1 amide bonds. The summed E-state index contributed by atoms with van der Waals surface area (Å²) in [6, 6.07) is 8.59. The molecule has 116 valence electrons. The van der Waals surface area contributed by atoms with Crippen molar-refractivity contribution in [3.05, 3.63) is 72.1 Å². The van der Waals surface area contributed by atoms with Gasteiger partial charge in [0, 0.05) is 12.5 Å². The molecule has 0 aliphatic heterocycles. The molecule has 0 radical (unpaired) electrons. The number of carbonyl (C=O) groups excluding carboxylic acids is 1.